The van der Waals surface area contributed by atoms with Crippen LogP contribution in [0.3, 0.4) is 0 Å². The van der Waals surface area contributed by atoms with Gasteiger partial charge in [-0.3, -0.25) is 0 Å². The Labute approximate surface area is 100 Å². The van der Waals surface area contributed by atoms with E-state index in [1.807, 2.05) is 0 Å². The molecule has 7 heteroatoms. The minimum atomic E-state index is -1.04. The number of carbonyl (C=O) groups is 2. The molecule has 0 saturated heterocycles. The van der Waals surface area contributed by atoms with Gasteiger partial charge in [0.05, 0.1) is 12.7 Å². The van der Waals surface area contributed by atoms with Gasteiger partial charge in [0.15, 0.2) is 0 Å². The molecule has 100 valence electrons. The van der Waals surface area contributed by atoms with Crippen molar-refractivity contribution >= 4 is 12.0 Å². The molecule has 17 heavy (non-hydrogen) atoms. The molecule has 0 rings (SSSR count). The molecule has 7 nitrogen and oxygen atoms in total. The Kier molecular flexibility index (Phi) is 8.08. The van der Waals surface area contributed by atoms with E-state index in [1.165, 1.54) is 4.90 Å². The number of carboxylic acids is 1. The van der Waals surface area contributed by atoms with Crippen molar-refractivity contribution < 1.29 is 24.5 Å². The highest BCUT2D eigenvalue weighted by Crippen LogP contribution is 1.93. The van der Waals surface area contributed by atoms with E-state index in [2.05, 4.69) is 5.32 Å². The maximum Gasteiger partial charge on any atom is 0.329 e. The highest BCUT2D eigenvalue weighted by Gasteiger charge is 2.08. The molecule has 0 bridgehead atoms. The monoisotopic (exact) mass is 248 g/mol. The highest BCUT2D eigenvalue weighted by molar-refractivity contribution is 5.73. The summed E-state index contributed by atoms with van der Waals surface area (Å²) in [5.41, 5.74) is 0. The van der Waals surface area contributed by atoms with Crippen molar-refractivity contribution in [3.05, 3.63) is 0 Å². The summed E-state index contributed by atoms with van der Waals surface area (Å²) >= 11 is 0. The number of carbonyl (C=O) groups excluding carboxylic acids is 1. The van der Waals surface area contributed by atoms with Crippen molar-refractivity contribution in [3.8, 4) is 0 Å². The summed E-state index contributed by atoms with van der Waals surface area (Å²) in [5.74, 6) is -1.04. The van der Waals surface area contributed by atoms with Crippen LogP contribution < -0.4 is 5.32 Å². The smallest absolute Gasteiger partial charge is 0.329 e. The maximum atomic E-state index is 11.4. The summed E-state index contributed by atoms with van der Waals surface area (Å²) in [5, 5.41) is 19.9. The van der Waals surface area contributed by atoms with E-state index >= 15 is 0 Å². The first-order valence-corrected chi connectivity index (χ1v) is 5.40. The molecule has 0 aliphatic heterocycles. The molecule has 0 aliphatic rings. The number of ether oxygens (including phenoxy) is 1. The van der Waals surface area contributed by atoms with Gasteiger partial charge in [-0.1, -0.05) is 0 Å². The van der Waals surface area contributed by atoms with Crippen LogP contribution >= 0.6 is 0 Å². The zero-order chi connectivity index (χ0) is 13.3. The Hall–Kier alpha value is -1.34. The van der Waals surface area contributed by atoms with Crippen LogP contribution in [0.5, 0.6) is 0 Å². The molecule has 0 aliphatic carbocycles. The summed E-state index contributed by atoms with van der Waals surface area (Å²) in [6, 6.07) is -0.274. The summed E-state index contributed by atoms with van der Waals surface area (Å²) < 4.78 is 4.75. The van der Waals surface area contributed by atoms with Crippen molar-refractivity contribution in [2.24, 2.45) is 0 Å². The van der Waals surface area contributed by atoms with Crippen molar-refractivity contribution in [1.29, 1.82) is 0 Å². The molecule has 2 amide bonds. The molecule has 0 aromatic heterocycles. The minimum Gasteiger partial charge on any atom is -0.480 e. The summed E-state index contributed by atoms with van der Waals surface area (Å²) in [4.78, 5) is 23.0. The average molecular weight is 248 g/mol. The molecule has 1 unspecified atom stereocenters. The number of nitrogens with one attached hydrogen (secondary N) is 1. The predicted octanol–water partition coefficient (Wildman–Crippen LogP) is -0.500. The third kappa shape index (κ3) is 9.58. The van der Waals surface area contributed by atoms with Crippen molar-refractivity contribution in [2.45, 2.75) is 19.4 Å². The van der Waals surface area contributed by atoms with Gasteiger partial charge < -0.3 is 25.2 Å². The third-order valence-corrected chi connectivity index (χ3v) is 1.98. The molecule has 0 fully saturated rings. The number of hydrogen-bond acceptors (Lipinski definition) is 4. The van der Waals surface area contributed by atoms with Gasteiger partial charge in [0.25, 0.3) is 0 Å². The number of aliphatic hydroxyl groups is 1. The number of carboxylic acid groups (broad SMARTS) is 1. The SMILES string of the molecule is CC(O)CCN(C)C(=O)NCCOCC(=O)O. The van der Waals surface area contributed by atoms with Crippen LogP contribution in [0.15, 0.2) is 0 Å². The lowest BCUT2D eigenvalue weighted by Gasteiger charge is -2.18. The van der Waals surface area contributed by atoms with Crippen LogP contribution in [0.2, 0.25) is 0 Å². The molecular formula is C10H20N2O5. The van der Waals surface area contributed by atoms with Gasteiger partial charge >= 0.3 is 12.0 Å². The number of hydrogen-bond donors (Lipinski definition) is 3. The van der Waals surface area contributed by atoms with Crippen LogP contribution in [0.1, 0.15) is 13.3 Å². The standard InChI is InChI=1S/C10H20N2O5/c1-8(13)3-5-12(2)10(16)11-4-6-17-7-9(14)15/h8,13H,3-7H2,1-2H3,(H,11,16)(H,14,15). The van der Waals surface area contributed by atoms with E-state index in [9.17, 15) is 9.59 Å². The van der Waals surface area contributed by atoms with Crippen molar-refractivity contribution in [1.82, 2.24) is 10.2 Å². The normalized spacial score (nSPS) is 11.9. The van der Waals surface area contributed by atoms with E-state index < -0.39 is 12.1 Å². The molecule has 0 heterocycles. The quantitative estimate of drug-likeness (QED) is 0.503. The van der Waals surface area contributed by atoms with Crippen molar-refractivity contribution in [3.63, 3.8) is 0 Å². The lowest BCUT2D eigenvalue weighted by molar-refractivity contribution is -0.142. The second kappa shape index (κ2) is 8.77. The van der Waals surface area contributed by atoms with Gasteiger partial charge in [0.2, 0.25) is 0 Å². The number of aliphatic hydroxyl groups excluding tert-OH is 1. The first-order valence-electron chi connectivity index (χ1n) is 5.40. The topological polar surface area (TPSA) is 99.1 Å². The van der Waals surface area contributed by atoms with Gasteiger partial charge in [-0.25, -0.2) is 9.59 Å². The molecule has 0 spiro atoms. The fraction of sp³-hybridized carbons (Fsp3) is 0.800. The van der Waals surface area contributed by atoms with Crippen LogP contribution in [-0.4, -0.2) is 66.6 Å². The Morgan fingerprint density at radius 1 is 1.47 bits per heavy atom. The molecule has 1 atom stereocenters. The fourth-order valence-electron chi connectivity index (χ4n) is 1.01. The van der Waals surface area contributed by atoms with Crippen molar-refractivity contribution in [2.75, 3.05) is 33.4 Å². The van der Waals surface area contributed by atoms with Crippen LogP contribution in [0.25, 0.3) is 0 Å². The summed E-state index contributed by atoms with van der Waals surface area (Å²) in [7, 11) is 1.62. The Morgan fingerprint density at radius 3 is 2.65 bits per heavy atom. The maximum absolute atomic E-state index is 11.4. The average Bonchev–Trinajstić information content (AvgIpc) is 2.24. The van der Waals surface area contributed by atoms with Crippen LogP contribution in [-0.2, 0) is 9.53 Å². The van der Waals surface area contributed by atoms with E-state index in [4.69, 9.17) is 14.9 Å². The molecule has 0 radical (unpaired) electrons. The van der Waals surface area contributed by atoms with E-state index in [-0.39, 0.29) is 25.8 Å². The molecule has 0 saturated carbocycles. The molecular weight excluding hydrogens is 228 g/mol. The number of nitrogens with zero attached hydrogens (tertiary/aromatic N) is 1. The second-order valence-electron chi connectivity index (χ2n) is 3.74. The fourth-order valence-corrected chi connectivity index (χ4v) is 1.01. The van der Waals surface area contributed by atoms with E-state index in [0.717, 1.165) is 0 Å². The number of rotatable bonds is 8. The third-order valence-electron chi connectivity index (χ3n) is 1.98. The molecule has 0 aromatic rings. The first kappa shape index (κ1) is 15.7. The zero-order valence-corrected chi connectivity index (χ0v) is 10.2. The van der Waals surface area contributed by atoms with Gasteiger partial charge in [0.1, 0.15) is 6.61 Å². The number of urea groups is 1. The van der Waals surface area contributed by atoms with Gasteiger partial charge in [0, 0.05) is 20.1 Å². The largest absolute Gasteiger partial charge is 0.480 e. The number of aliphatic carboxylic acids is 1. The van der Waals surface area contributed by atoms with Gasteiger partial charge in [-0.05, 0) is 13.3 Å². The summed E-state index contributed by atoms with van der Waals surface area (Å²) in [6.07, 6.45) is 0.0727. The van der Waals surface area contributed by atoms with Crippen LogP contribution in [0.4, 0.5) is 4.79 Å². The second-order valence-corrected chi connectivity index (χ2v) is 3.74. The zero-order valence-electron chi connectivity index (χ0n) is 10.2. The van der Waals surface area contributed by atoms with Crippen LogP contribution in [0, 0.1) is 0 Å². The Bertz CT molecular complexity index is 245. The van der Waals surface area contributed by atoms with Gasteiger partial charge in [-0.2, -0.15) is 0 Å². The van der Waals surface area contributed by atoms with Gasteiger partial charge in [-0.15, -0.1) is 0 Å². The summed E-state index contributed by atoms with van der Waals surface area (Å²) in [6.45, 7) is 2.16. The first-order chi connectivity index (χ1) is 7.93. The van der Waals surface area contributed by atoms with E-state index in [0.29, 0.717) is 13.0 Å². The number of amides is 2. The Balaban J connectivity index is 3.53. The Morgan fingerprint density at radius 2 is 2.12 bits per heavy atom. The highest BCUT2D eigenvalue weighted by atomic mass is 16.5. The molecule has 0 aromatic carbocycles. The molecule has 3 N–H and O–H groups in total. The minimum absolute atomic E-state index is 0.155. The lowest BCUT2D eigenvalue weighted by Crippen LogP contribution is -2.40. The lowest BCUT2D eigenvalue weighted by atomic mass is 10.3. The van der Waals surface area contributed by atoms with E-state index in [1.54, 1.807) is 14.0 Å². The predicted molar refractivity (Wildman–Crippen MR) is 60.8 cm³/mol.